The van der Waals surface area contributed by atoms with E-state index in [1.54, 1.807) is 18.2 Å². The first-order valence-electron chi connectivity index (χ1n) is 6.25. The van der Waals surface area contributed by atoms with Gasteiger partial charge in [0.25, 0.3) is 0 Å². The van der Waals surface area contributed by atoms with Crippen LogP contribution in [0.3, 0.4) is 0 Å². The normalized spacial score (nSPS) is 10.7. The molecule has 2 N–H and O–H groups in total. The van der Waals surface area contributed by atoms with Gasteiger partial charge in [-0.05, 0) is 37.3 Å². The zero-order valence-electron chi connectivity index (χ0n) is 11.4. The summed E-state index contributed by atoms with van der Waals surface area (Å²) in [5.74, 6) is 0.0167. The Labute approximate surface area is 121 Å². The predicted octanol–water partition coefficient (Wildman–Crippen LogP) is 2.01. The molecule has 0 saturated heterocycles. The molecule has 1 amide bonds. The van der Waals surface area contributed by atoms with Gasteiger partial charge in [0, 0.05) is 12.3 Å². The van der Waals surface area contributed by atoms with E-state index in [1.165, 1.54) is 24.4 Å². The second-order valence-corrected chi connectivity index (χ2v) is 4.34. The number of hydrogen-bond donors (Lipinski definition) is 2. The number of aromatic carboxylic acids is 1. The third-order valence-electron chi connectivity index (χ3n) is 2.67. The van der Waals surface area contributed by atoms with E-state index >= 15 is 0 Å². The maximum atomic E-state index is 11.6. The molecule has 0 aromatic carbocycles. The Bertz CT molecular complexity index is 688. The van der Waals surface area contributed by atoms with Crippen molar-refractivity contribution < 1.29 is 19.1 Å². The van der Waals surface area contributed by atoms with Gasteiger partial charge in [-0.2, -0.15) is 0 Å². The number of carboxylic acids is 1. The number of carboxylic acid groups (broad SMARTS) is 1. The molecule has 2 aromatic rings. The van der Waals surface area contributed by atoms with Gasteiger partial charge in [0.15, 0.2) is 0 Å². The molecular formula is C15H14N2O4. The van der Waals surface area contributed by atoms with Crippen LogP contribution in [0.15, 0.2) is 41.0 Å². The average molecular weight is 286 g/mol. The van der Waals surface area contributed by atoms with E-state index in [0.717, 1.165) is 5.76 Å². The van der Waals surface area contributed by atoms with Crippen LogP contribution in [0.1, 0.15) is 27.6 Å². The minimum Gasteiger partial charge on any atom is -0.478 e. The highest BCUT2D eigenvalue weighted by Crippen LogP contribution is 2.07. The van der Waals surface area contributed by atoms with E-state index in [9.17, 15) is 9.59 Å². The summed E-state index contributed by atoms with van der Waals surface area (Å²) >= 11 is 0. The molecule has 0 radical (unpaired) electrons. The Morgan fingerprint density at radius 2 is 2.19 bits per heavy atom. The minimum absolute atomic E-state index is 0.135. The van der Waals surface area contributed by atoms with Crippen molar-refractivity contribution in [2.75, 3.05) is 0 Å². The van der Waals surface area contributed by atoms with Gasteiger partial charge in [-0.1, -0.05) is 0 Å². The third kappa shape index (κ3) is 4.31. The van der Waals surface area contributed by atoms with Crippen LogP contribution in [0.25, 0.3) is 6.08 Å². The number of nitrogens with zero attached hydrogens (tertiary/aromatic N) is 1. The van der Waals surface area contributed by atoms with E-state index in [4.69, 9.17) is 9.52 Å². The summed E-state index contributed by atoms with van der Waals surface area (Å²) in [4.78, 5) is 26.4. The molecule has 21 heavy (non-hydrogen) atoms. The van der Waals surface area contributed by atoms with Crippen molar-refractivity contribution in [2.24, 2.45) is 0 Å². The van der Waals surface area contributed by atoms with Crippen LogP contribution in [-0.2, 0) is 11.3 Å². The van der Waals surface area contributed by atoms with Crippen LogP contribution >= 0.6 is 0 Å². The molecule has 0 spiro atoms. The fraction of sp³-hybridized carbons (Fsp3) is 0.133. The molecule has 0 atom stereocenters. The van der Waals surface area contributed by atoms with Gasteiger partial charge in [0.05, 0.1) is 17.8 Å². The molecule has 108 valence electrons. The van der Waals surface area contributed by atoms with Gasteiger partial charge in [-0.3, -0.25) is 9.78 Å². The smallest absolute Gasteiger partial charge is 0.335 e. The lowest BCUT2D eigenvalue weighted by molar-refractivity contribution is -0.116. The maximum absolute atomic E-state index is 11.6. The highest BCUT2D eigenvalue weighted by atomic mass is 16.4. The number of aromatic nitrogens is 1. The summed E-state index contributed by atoms with van der Waals surface area (Å²) in [5.41, 5.74) is 0.612. The van der Waals surface area contributed by atoms with E-state index in [0.29, 0.717) is 11.5 Å². The fourth-order valence-electron chi connectivity index (χ4n) is 1.65. The molecule has 0 aliphatic heterocycles. The first kappa shape index (κ1) is 14.5. The summed E-state index contributed by atoms with van der Waals surface area (Å²) in [6, 6.07) is 6.38. The number of rotatable bonds is 5. The number of nitrogens with one attached hydrogen (secondary N) is 1. The van der Waals surface area contributed by atoms with Gasteiger partial charge in [0.2, 0.25) is 5.91 Å². The average Bonchev–Trinajstić information content (AvgIpc) is 2.89. The summed E-state index contributed by atoms with van der Waals surface area (Å²) in [6.07, 6.45) is 4.30. The second kappa shape index (κ2) is 6.51. The minimum atomic E-state index is -1.03. The lowest BCUT2D eigenvalue weighted by Gasteiger charge is -2.02. The predicted molar refractivity (Wildman–Crippen MR) is 75.5 cm³/mol. The van der Waals surface area contributed by atoms with Crippen molar-refractivity contribution in [1.82, 2.24) is 10.3 Å². The molecule has 0 unspecified atom stereocenters. The molecule has 6 nitrogen and oxygen atoms in total. The van der Waals surface area contributed by atoms with Crippen molar-refractivity contribution in [3.05, 3.63) is 59.3 Å². The quantitative estimate of drug-likeness (QED) is 0.820. The number of aryl methyl sites for hydroxylation is 1. The summed E-state index contributed by atoms with van der Waals surface area (Å²) < 4.78 is 5.29. The standard InChI is InChI=1S/C15H14N2O4/c1-10-2-3-13(21-10)4-5-14(18)17-9-12-8-11(15(19)20)6-7-16-12/h2-8H,9H2,1H3,(H,17,18)(H,19,20)/b5-4+. The topological polar surface area (TPSA) is 92.4 Å². The molecule has 2 heterocycles. The van der Waals surface area contributed by atoms with Gasteiger partial charge >= 0.3 is 5.97 Å². The summed E-state index contributed by atoms with van der Waals surface area (Å²) in [7, 11) is 0. The lowest BCUT2D eigenvalue weighted by atomic mass is 10.2. The SMILES string of the molecule is Cc1ccc(/C=C/C(=O)NCc2cc(C(=O)O)ccn2)o1. The van der Waals surface area contributed by atoms with E-state index < -0.39 is 5.97 Å². The first-order valence-corrected chi connectivity index (χ1v) is 6.25. The molecule has 2 rings (SSSR count). The fourth-order valence-corrected chi connectivity index (χ4v) is 1.65. The first-order chi connectivity index (χ1) is 10.0. The third-order valence-corrected chi connectivity index (χ3v) is 2.67. The van der Waals surface area contributed by atoms with Gasteiger partial charge in [-0.15, -0.1) is 0 Å². The Kier molecular flexibility index (Phi) is 4.50. The summed E-state index contributed by atoms with van der Waals surface area (Å²) in [6.45, 7) is 1.97. The number of carbonyl (C=O) groups excluding carboxylic acids is 1. The highest BCUT2D eigenvalue weighted by molar-refractivity contribution is 5.91. The van der Waals surface area contributed by atoms with Crippen molar-refractivity contribution >= 4 is 18.0 Å². The Balaban J connectivity index is 1.90. The molecule has 0 fully saturated rings. The number of carbonyl (C=O) groups is 2. The van der Waals surface area contributed by atoms with E-state index in [-0.39, 0.29) is 18.0 Å². The van der Waals surface area contributed by atoms with E-state index in [2.05, 4.69) is 10.3 Å². The summed E-state index contributed by atoms with van der Waals surface area (Å²) in [5, 5.41) is 11.5. The lowest BCUT2D eigenvalue weighted by Crippen LogP contribution is -2.21. The number of pyridine rings is 1. The van der Waals surface area contributed by atoms with Gasteiger partial charge < -0.3 is 14.8 Å². The molecule has 0 saturated carbocycles. The molecule has 6 heteroatoms. The van der Waals surface area contributed by atoms with Crippen LogP contribution in [0.5, 0.6) is 0 Å². The van der Waals surface area contributed by atoms with Gasteiger partial charge in [-0.25, -0.2) is 4.79 Å². The molecular weight excluding hydrogens is 272 g/mol. The van der Waals surface area contributed by atoms with Crippen molar-refractivity contribution in [3.63, 3.8) is 0 Å². The molecule has 0 bridgehead atoms. The van der Waals surface area contributed by atoms with Gasteiger partial charge in [0.1, 0.15) is 11.5 Å². The zero-order chi connectivity index (χ0) is 15.2. The number of amides is 1. The van der Waals surface area contributed by atoms with Crippen LogP contribution in [-0.4, -0.2) is 22.0 Å². The monoisotopic (exact) mass is 286 g/mol. The molecule has 2 aromatic heterocycles. The Morgan fingerprint density at radius 3 is 2.86 bits per heavy atom. The zero-order valence-corrected chi connectivity index (χ0v) is 11.4. The van der Waals surface area contributed by atoms with Crippen LogP contribution < -0.4 is 5.32 Å². The largest absolute Gasteiger partial charge is 0.478 e. The van der Waals surface area contributed by atoms with Crippen LogP contribution in [0.2, 0.25) is 0 Å². The number of furan rings is 1. The molecule has 0 aliphatic rings. The van der Waals surface area contributed by atoms with Crippen LogP contribution in [0, 0.1) is 6.92 Å². The Morgan fingerprint density at radius 1 is 1.38 bits per heavy atom. The highest BCUT2D eigenvalue weighted by Gasteiger charge is 2.05. The van der Waals surface area contributed by atoms with Crippen LogP contribution in [0.4, 0.5) is 0 Å². The van der Waals surface area contributed by atoms with Crippen molar-refractivity contribution in [3.8, 4) is 0 Å². The van der Waals surface area contributed by atoms with Crippen molar-refractivity contribution in [1.29, 1.82) is 0 Å². The maximum Gasteiger partial charge on any atom is 0.335 e. The second-order valence-electron chi connectivity index (χ2n) is 4.34. The van der Waals surface area contributed by atoms with E-state index in [1.807, 2.05) is 6.92 Å². The van der Waals surface area contributed by atoms with Crippen molar-refractivity contribution in [2.45, 2.75) is 13.5 Å². The molecule has 0 aliphatic carbocycles. The number of hydrogen-bond acceptors (Lipinski definition) is 4. The Hall–Kier alpha value is -2.89.